The van der Waals surface area contributed by atoms with Gasteiger partial charge in [-0.05, 0) is 12.0 Å². The molecule has 2 rings (SSSR count). The summed E-state index contributed by atoms with van der Waals surface area (Å²) in [5.41, 5.74) is 6.39. The number of amides is 1. The maximum atomic E-state index is 11.9. The summed E-state index contributed by atoms with van der Waals surface area (Å²) in [6.45, 7) is 1.65. The van der Waals surface area contributed by atoms with E-state index in [0.717, 1.165) is 12.0 Å². The number of benzene rings is 1. The minimum atomic E-state index is -0.535. The first kappa shape index (κ1) is 13.8. The predicted molar refractivity (Wildman–Crippen MR) is 71.4 cm³/mol. The van der Waals surface area contributed by atoms with Crippen molar-refractivity contribution in [3.63, 3.8) is 0 Å². The second-order valence-electron chi connectivity index (χ2n) is 4.84. The van der Waals surface area contributed by atoms with E-state index in [-0.39, 0.29) is 25.2 Å². The van der Waals surface area contributed by atoms with Crippen LogP contribution in [0.1, 0.15) is 12.0 Å². The molecule has 5 nitrogen and oxygen atoms in total. The van der Waals surface area contributed by atoms with Crippen LogP contribution < -0.4 is 5.73 Å². The van der Waals surface area contributed by atoms with Crippen LogP contribution in [0.2, 0.25) is 0 Å². The van der Waals surface area contributed by atoms with Gasteiger partial charge in [0.05, 0.1) is 6.10 Å². The zero-order chi connectivity index (χ0) is 13.7. The van der Waals surface area contributed by atoms with Gasteiger partial charge >= 0.3 is 6.09 Å². The highest BCUT2D eigenvalue weighted by molar-refractivity contribution is 5.68. The van der Waals surface area contributed by atoms with Crippen molar-refractivity contribution in [2.75, 3.05) is 19.6 Å². The van der Waals surface area contributed by atoms with Gasteiger partial charge in [0.25, 0.3) is 0 Å². The Bertz CT molecular complexity index is 410. The summed E-state index contributed by atoms with van der Waals surface area (Å²) in [5, 5.41) is 9.66. The minimum Gasteiger partial charge on any atom is -0.445 e. The molecule has 3 N–H and O–H groups in total. The highest BCUT2D eigenvalue weighted by atomic mass is 16.6. The Labute approximate surface area is 113 Å². The lowest BCUT2D eigenvalue weighted by Crippen LogP contribution is -2.34. The summed E-state index contributed by atoms with van der Waals surface area (Å²) in [5.74, 6) is 0.0641. The van der Waals surface area contributed by atoms with E-state index in [0.29, 0.717) is 13.1 Å². The summed E-state index contributed by atoms with van der Waals surface area (Å²) in [4.78, 5) is 13.5. The molecule has 0 aromatic heterocycles. The number of ether oxygens (including phenoxy) is 1. The minimum absolute atomic E-state index is 0.0641. The Kier molecular flexibility index (Phi) is 4.76. The van der Waals surface area contributed by atoms with Crippen LogP contribution in [0.25, 0.3) is 0 Å². The van der Waals surface area contributed by atoms with Gasteiger partial charge in [-0.2, -0.15) is 0 Å². The summed E-state index contributed by atoms with van der Waals surface area (Å²) in [7, 11) is 0. The molecule has 2 unspecified atom stereocenters. The Morgan fingerprint density at radius 3 is 2.89 bits per heavy atom. The van der Waals surface area contributed by atoms with Crippen molar-refractivity contribution in [1.29, 1.82) is 0 Å². The van der Waals surface area contributed by atoms with Crippen molar-refractivity contribution in [1.82, 2.24) is 4.90 Å². The van der Waals surface area contributed by atoms with Crippen molar-refractivity contribution >= 4 is 6.09 Å². The highest BCUT2D eigenvalue weighted by Crippen LogP contribution is 2.20. The number of nitrogens with two attached hydrogens (primary N) is 1. The lowest BCUT2D eigenvalue weighted by Gasteiger charge is -2.18. The van der Waals surface area contributed by atoms with Crippen LogP contribution in [0.3, 0.4) is 0 Å². The van der Waals surface area contributed by atoms with E-state index < -0.39 is 6.10 Å². The smallest absolute Gasteiger partial charge is 0.410 e. The molecule has 1 saturated heterocycles. The van der Waals surface area contributed by atoms with Gasteiger partial charge in [-0.3, -0.25) is 0 Å². The molecule has 1 fully saturated rings. The molecule has 1 aliphatic rings. The molecule has 1 aliphatic heterocycles. The third kappa shape index (κ3) is 3.68. The summed E-state index contributed by atoms with van der Waals surface area (Å²) < 4.78 is 5.25. The number of hydrogen-bond acceptors (Lipinski definition) is 4. The second-order valence-corrected chi connectivity index (χ2v) is 4.84. The van der Waals surface area contributed by atoms with Crippen molar-refractivity contribution in [2.24, 2.45) is 11.7 Å². The number of nitrogens with zero attached hydrogens (tertiary/aromatic N) is 1. The summed E-state index contributed by atoms with van der Waals surface area (Å²) in [6, 6.07) is 9.57. The van der Waals surface area contributed by atoms with E-state index in [4.69, 9.17) is 10.5 Å². The molecule has 0 spiro atoms. The lowest BCUT2D eigenvalue weighted by atomic mass is 10.0. The van der Waals surface area contributed by atoms with Crippen molar-refractivity contribution in [3.05, 3.63) is 35.9 Å². The molecule has 0 saturated carbocycles. The van der Waals surface area contributed by atoms with E-state index in [2.05, 4.69) is 0 Å². The van der Waals surface area contributed by atoms with Gasteiger partial charge in [0.15, 0.2) is 0 Å². The molecule has 19 heavy (non-hydrogen) atoms. The molecule has 1 amide bonds. The third-order valence-electron chi connectivity index (χ3n) is 3.47. The van der Waals surface area contributed by atoms with E-state index in [1.165, 1.54) is 0 Å². The maximum absolute atomic E-state index is 11.9. The van der Waals surface area contributed by atoms with E-state index in [1.54, 1.807) is 4.90 Å². The van der Waals surface area contributed by atoms with Crippen molar-refractivity contribution in [3.8, 4) is 0 Å². The molecule has 0 radical (unpaired) electrons. The number of aliphatic hydroxyl groups excluding tert-OH is 1. The number of hydrogen-bond donors (Lipinski definition) is 2. The fourth-order valence-electron chi connectivity index (χ4n) is 2.27. The predicted octanol–water partition coefficient (Wildman–Crippen LogP) is 0.965. The van der Waals surface area contributed by atoms with Crippen LogP contribution in [-0.4, -0.2) is 41.8 Å². The molecule has 104 valence electrons. The van der Waals surface area contributed by atoms with Crippen LogP contribution in [-0.2, 0) is 11.3 Å². The Hall–Kier alpha value is -1.59. The molecule has 0 bridgehead atoms. The van der Waals surface area contributed by atoms with Crippen LogP contribution in [0.15, 0.2) is 30.3 Å². The molecule has 1 heterocycles. The highest BCUT2D eigenvalue weighted by Gasteiger charge is 2.31. The summed E-state index contributed by atoms with van der Waals surface area (Å²) >= 11 is 0. The first-order chi connectivity index (χ1) is 9.20. The van der Waals surface area contributed by atoms with Gasteiger partial charge in [0, 0.05) is 25.6 Å². The molecular weight excluding hydrogens is 244 g/mol. The molecule has 2 atom stereocenters. The van der Waals surface area contributed by atoms with E-state index in [9.17, 15) is 9.90 Å². The van der Waals surface area contributed by atoms with Crippen molar-refractivity contribution < 1.29 is 14.6 Å². The third-order valence-corrected chi connectivity index (χ3v) is 3.47. The Balaban J connectivity index is 1.78. The van der Waals surface area contributed by atoms with Gasteiger partial charge in [-0.15, -0.1) is 0 Å². The number of carbonyl (C=O) groups is 1. The summed E-state index contributed by atoms with van der Waals surface area (Å²) in [6.07, 6.45) is -0.0822. The Morgan fingerprint density at radius 2 is 2.21 bits per heavy atom. The topological polar surface area (TPSA) is 75.8 Å². The number of aliphatic hydroxyl groups is 1. The van der Waals surface area contributed by atoms with Crippen molar-refractivity contribution in [2.45, 2.75) is 19.1 Å². The molecule has 0 aliphatic carbocycles. The van der Waals surface area contributed by atoms with E-state index >= 15 is 0 Å². The fraction of sp³-hybridized carbons (Fsp3) is 0.500. The van der Waals surface area contributed by atoms with Crippen LogP contribution in [0.4, 0.5) is 4.79 Å². The van der Waals surface area contributed by atoms with Gasteiger partial charge in [0.1, 0.15) is 6.61 Å². The SMILES string of the molecule is NCC(O)C1CCN(C(=O)OCc2ccccc2)C1. The first-order valence-corrected chi connectivity index (χ1v) is 6.54. The zero-order valence-corrected chi connectivity index (χ0v) is 10.9. The monoisotopic (exact) mass is 264 g/mol. The number of rotatable bonds is 4. The second kappa shape index (κ2) is 6.54. The molecule has 1 aromatic rings. The van der Waals surface area contributed by atoms with Gasteiger partial charge in [-0.1, -0.05) is 30.3 Å². The van der Waals surface area contributed by atoms with Crippen LogP contribution in [0, 0.1) is 5.92 Å². The first-order valence-electron chi connectivity index (χ1n) is 6.54. The van der Waals surface area contributed by atoms with Gasteiger partial charge in [-0.25, -0.2) is 4.79 Å². The van der Waals surface area contributed by atoms with E-state index in [1.807, 2.05) is 30.3 Å². The van der Waals surface area contributed by atoms with Gasteiger partial charge in [0.2, 0.25) is 0 Å². The number of likely N-dealkylation sites (tertiary alicyclic amines) is 1. The molecular formula is C14H20N2O3. The standard InChI is InChI=1S/C14H20N2O3/c15-8-13(17)12-6-7-16(9-12)14(18)19-10-11-4-2-1-3-5-11/h1-5,12-13,17H,6-10,15H2. The van der Waals surface area contributed by atoms with Gasteiger partial charge < -0.3 is 20.5 Å². The quantitative estimate of drug-likeness (QED) is 0.849. The number of carbonyl (C=O) groups excluding carboxylic acids is 1. The van der Waals surface area contributed by atoms with Crippen LogP contribution >= 0.6 is 0 Å². The largest absolute Gasteiger partial charge is 0.445 e. The average Bonchev–Trinajstić information content (AvgIpc) is 2.95. The Morgan fingerprint density at radius 1 is 1.47 bits per heavy atom. The van der Waals surface area contributed by atoms with Crippen LogP contribution in [0.5, 0.6) is 0 Å². The fourth-order valence-corrected chi connectivity index (χ4v) is 2.27. The maximum Gasteiger partial charge on any atom is 0.410 e. The molecule has 1 aromatic carbocycles. The lowest BCUT2D eigenvalue weighted by molar-refractivity contribution is 0.0923. The zero-order valence-electron chi connectivity index (χ0n) is 10.9. The average molecular weight is 264 g/mol. The molecule has 5 heteroatoms. The normalized spacial score (nSPS) is 20.3.